The summed E-state index contributed by atoms with van der Waals surface area (Å²) in [6, 6.07) is 6.41. The Balaban J connectivity index is 2.14. The molecule has 1 atom stereocenters. The highest BCUT2D eigenvalue weighted by molar-refractivity contribution is 6.78. The van der Waals surface area contributed by atoms with Crippen molar-refractivity contribution in [3.63, 3.8) is 0 Å². The summed E-state index contributed by atoms with van der Waals surface area (Å²) in [4.78, 5) is 0. The second kappa shape index (κ2) is 13.5. The number of hydrogen-bond acceptors (Lipinski definition) is 1. The quantitative estimate of drug-likeness (QED) is 0.0906. The zero-order valence-electron chi connectivity index (χ0n) is 23.0. The highest BCUT2D eigenvalue weighted by atomic mass is 28.4. The molecule has 37 heavy (non-hydrogen) atoms. The number of unbranched alkanes of at least 4 members (excludes halogenated alkanes) is 5. The van der Waals surface area contributed by atoms with Gasteiger partial charge in [0.15, 0.2) is 29.0 Å². The Morgan fingerprint density at radius 3 is 1.70 bits per heavy atom. The predicted molar refractivity (Wildman–Crippen MR) is 144 cm³/mol. The van der Waals surface area contributed by atoms with Crippen LogP contribution in [0.2, 0.25) is 42.3 Å². The minimum Gasteiger partial charge on any atom is -0.539 e. The molecule has 0 spiro atoms. The molecular formula is C28H41F6OSi2. The van der Waals surface area contributed by atoms with Crippen LogP contribution >= 0.6 is 0 Å². The molecule has 0 bridgehead atoms. The van der Waals surface area contributed by atoms with Gasteiger partial charge in [0.25, 0.3) is 8.32 Å². The summed E-state index contributed by atoms with van der Waals surface area (Å²) in [5, 5.41) is -2.61. The molecule has 9 heteroatoms. The van der Waals surface area contributed by atoms with E-state index in [-0.39, 0.29) is 5.54 Å². The van der Waals surface area contributed by atoms with Crippen LogP contribution in [0.5, 0.6) is 5.75 Å². The van der Waals surface area contributed by atoms with Crippen LogP contribution in [0.3, 0.4) is 0 Å². The van der Waals surface area contributed by atoms with E-state index in [1.165, 1.54) is 37.0 Å². The number of halogens is 6. The number of rotatable bonds is 15. The molecule has 0 heterocycles. The predicted octanol–water partition coefficient (Wildman–Crippen LogP) is 10.7. The maximum absolute atomic E-state index is 15.3. The highest BCUT2D eigenvalue weighted by Crippen LogP contribution is 2.41. The van der Waals surface area contributed by atoms with Gasteiger partial charge in [-0.25, -0.2) is 22.0 Å². The van der Waals surface area contributed by atoms with E-state index in [4.69, 9.17) is 4.43 Å². The summed E-state index contributed by atoms with van der Waals surface area (Å²) in [5.41, 5.74) is -0.0804. The fraction of sp³-hybridized carbons (Fsp3) is 0.643. The molecule has 1 radical (unpaired) electrons. The molecular weight excluding hydrogens is 522 g/mol. The third-order valence-electron chi connectivity index (χ3n) is 8.42. The maximum atomic E-state index is 15.3. The lowest BCUT2D eigenvalue weighted by Crippen LogP contribution is -2.44. The molecule has 0 aromatic heterocycles. The van der Waals surface area contributed by atoms with Crippen LogP contribution in [0.25, 0.3) is 10.8 Å². The second-order valence-corrected chi connectivity index (χ2v) is 21.1. The van der Waals surface area contributed by atoms with Crippen molar-refractivity contribution in [1.29, 1.82) is 0 Å². The molecule has 0 aliphatic heterocycles. The van der Waals surface area contributed by atoms with E-state index in [0.29, 0.717) is 12.1 Å². The van der Waals surface area contributed by atoms with Gasteiger partial charge in [0, 0.05) is 8.07 Å². The van der Waals surface area contributed by atoms with Gasteiger partial charge in [0.05, 0.1) is 16.8 Å². The lowest BCUT2D eigenvalue weighted by Gasteiger charge is -2.35. The Labute approximate surface area is 220 Å². The van der Waals surface area contributed by atoms with Crippen molar-refractivity contribution in [3.05, 3.63) is 41.0 Å². The molecule has 0 N–H and O–H groups in total. The van der Waals surface area contributed by atoms with Gasteiger partial charge in [-0.05, 0) is 17.6 Å². The van der Waals surface area contributed by atoms with Crippen molar-refractivity contribution in [2.24, 2.45) is 0 Å². The van der Waals surface area contributed by atoms with E-state index in [1.54, 1.807) is 0 Å². The van der Waals surface area contributed by atoms with Gasteiger partial charge in [-0.2, -0.15) is 4.39 Å². The van der Waals surface area contributed by atoms with E-state index in [0.717, 1.165) is 25.7 Å². The third-order valence-corrected chi connectivity index (χ3v) is 18.5. The summed E-state index contributed by atoms with van der Waals surface area (Å²) in [6.07, 6.45) is 6.38. The molecule has 0 fully saturated rings. The number of fused-ring (bicyclic) bond motifs is 1. The standard InChI is InChI=1S/C28H41F6OSi2/c1-7-36(6,8-2)16-14-12-10-11-13-15-17-37(9-3,19(4)5)35-28-26(33)23-22(25(32)27(28)34)20(29)18-21(30)24(23)31/h19H,7-17H2,1-6H3. The minimum absolute atomic E-state index is 0.0804. The van der Waals surface area contributed by atoms with Crippen LogP contribution in [0.1, 0.15) is 73.1 Å². The lowest BCUT2D eigenvalue weighted by atomic mass is 10.1. The summed E-state index contributed by atoms with van der Waals surface area (Å²) in [7, 11) is -3.93. The average Bonchev–Trinajstić information content (AvgIpc) is 2.87. The summed E-state index contributed by atoms with van der Waals surface area (Å²) < 4.78 is 92.9. The van der Waals surface area contributed by atoms with Crippen molar-refractivity contribution in [2.75, 3.05) is 0 Å². The maximum Gasteiger partial charge on any atom is 0.253 e. The van der Waals surface area contributed by atoms with Crippen molar-refractivity contribution >= 4 is 27.2 Å². The largest absolute Gasteiger partial charge is 0.539 e. The first-order valence-corrected chi connectivity index (χ1v) is 19.1. The first-order valence-electron chi connectivity index (χ1n) is 13.6. The molecule has 2 aromatic rings. The summed E-state index contributed by atoms with van der Waals surface area (Å²) >= 11 is 0. The molecule has 1 nitrogen and oxygen atoms in total. The molecule has 0 aliphatic rings. The monoisotopic (exact) mass is 563 g/mol. The van der Waals surface area contributed by atoms with E-state index < -0.39 is 67.8 Å². The Morgan fingerprint density at radius 1 is 0.649 bits per heavy atom. The van der Waals surface area contributed by atoms with Gasteiger partial charge < -0.3 is 4.43 Å². The van der Waals surface area contributed by atoms with Crippen molar-refractivity contribution in [3.8, 4) is 5.75 Å². The SMILES string of the molecule is CC[Si](C)(CC)CCCCCCCC[Si](CC)(Oc1c(F)c(F)c2c(F)[c]c(F)c(F)c2c1F)C(C)C. The second-order valence-electron chi connectivity index (χ2n) is 10.9. The van der Waals surface area contributed by atoms with E-state index in [2.05, 4.69) is 20.4 Å². The molecule has 2 rings (SSSR count). The van der Waals surface area contributed by atoms with Crippen molar-refractivity contribution in [1.82, 2.24) is 0 Å². The lowest BCUT2D eigenvalue weighted by molar-refractivity contribution is 0.406. The number of benzene rings is 2. The van der Waals surface area contributed by atoms with Crippen LogP contribution in [0.15, 0.2) is 0 Å². The fourth-order valence-corrected chi connectivity index (χ4v) is 11.0. The first-order chi connectivity index (χ1) is 17.4. The van der Waals surface area contributed by atoms with E-state index in [9.17, 15) is 22.0 Å². The van der Waals surface area contributed by atoms with Gasteiger partial charge in [0.2, 0.25) is 5.82 Å². The van der Waals surface area contributed by atoms with Crippen LogP contribution in [0.4, 0.5) is 26.3 Å². The van der Waals surface area contributed by atoms with Gasteiger partial charge in [-0.3, -0.25) is 0 Å². The van der Waals surface area contributed by atoms with Crippen molar-refractivity contribution in [2.45, 2.75) is 115 Å². The Kier molecular flexibility index (Phi) is 11.6. The molecule has 209 valence electrons. The minimum atomic E-state index is -2.87. The normalized spacial score (nSPS) is 14.0. The highest BCUT2D eigenvalue weighted by Gasteiger charge is 2.41. The molecule has 0 saturated heterocycles. The zero-order chi connectivity index (χ0) is 28.0. The van der Waals surface area contributed by atoms with Crippen LogP contribution in [-0.2, 0) is 0 Å². The van der Waals surface area contributed by atoms with Crippen LogP contribution in [-0.4, -0.2) is 16.4 Å². The summed E-state index contributed by atoms with van der Waals surface area (Å²) in [5.74, 6) is -11.6. The Morgan fingerprint density at radius 2 is 1.19 bits per heavy atom. The van der Waals surface area contributed by atoms with Crippen molar-refractivity contribution < 1.29 is 30.8 Å². The van der Waals surface area contributed by atoms with Gasteiger partial charge in [0.1, 0.15) is 5.82 Å². The van der Waals surface area contributed by atoms with Crippen LogP contribution in [0, 0.1) is 41.0 Å². The third kappa shape index (κ3) is 7.13. The topological polar surface area (TPSA) is 9.23 Å². The van der Waals surface area contributed by atoms with E-state index in [1.807, 2.05) is 20.8 Å². The molecule has 0 amide bonds. The molecule has 2 aromatic carbocycles. The zero-order valence-corrected chi connectivity index (χ0v) is 25.0. The first kappa shape index (κ1) is 31.7. The molecule has 0 aliphatic carbocycles. The summed E-state index contributed by atoms with van der Waals surface area (Å²) in [6.45, 7) is 12.7. The van der Waals surface area contributed by atoms with E-state index >= 15 is 4.39 Å². The Hall–Kier alpha value is -1.49. The fourth-order valence-electron chi connectivity index (χ4n) is 5.07. The smallest absolute Gasteiger partial charge is 0.253 e. The average molecular weight is 564 g/mol. The van der Waals surface area contributed by atoms with Gasteiger partial charge in [-0.1, -0.05) is 97.8 Å². The molecule has 0 saturated carbocycles. The Bertz CT molecular complexity index is 1060. The van der Waals surface area contributed by atoms with Crippen LogP contribution < -0.4 is 4.43 Å². The molecule has 1 unspecified atom stereocenters. The number of hydrogen-bond donors (Lipinski definition) is 0. The van der Waals surface area contributed by atoms with Gasteiger partial charge in [-0.15, -0.1) is 0 Å². The van der Waals surface area contributed by atoms with Gasteiger partial charge >= 0.3 is 0 Å².